The molecule has 0 heterocycles. The number of amides is 1. The van der Waals surface area contributed by atoms with Crippen molar-refractivity contribution in [2.75, 3.05) is 13.2 Å². The van der Waals surface area contributed by atoms with Gasteiger partial charge in [0.2, 0.25) is 0 Å². The zero-order valence-corrected chi connectivity index (χ0v) is 16.6. The van der Waals surface area contributed by atoms with Crippen LogP contribution >= 0.6 is 15.9 Å². The Kier molecular flexibility index (Phi) is 8.15. The highest BCUT2D eigenvalue weighted by atomic mass is 79.9. The lowest BCUT2D eigenvalue weighted by Crippen LogP contribution is -2.17. The number of halogens is 1. The maximum absolute atomic E-state index is 12.0. The molecule has 2 rings (SSSR count). The van der Waals surface area contributed by atoms with Gasteiger partial charge in [-0.05, 0) is 61.4 Å². The van der Waals surface area contributed by atoms with Crippen LogP contribution in [0.3, 0.4) is 0 Å². The molecule has 0 atom stereocenters. The van der Waals surface area contributed by atoms with Crippen molar-refractivity contribution in [1.29, 1.82) is 0 Å². The molecule has 26 heavy (non-hydrogen) atoms. The average molecular weight is 419 g/mol. The average Bonchev–Trinajstić information content (AvgIpc) is 2.64. The molecule has 2 aromatic rings. The van der Waals surface area contributed by atoms with Crippen LogP contribution in [0.25, 0.3) is 0 Å². The first-order valence-electron chi connectivity index (χ1n) is 8.62. The van der Waals surface area contributed by atoms with Gasteiger partial charge in [-0.3, -0.25) is 4.79 Å². The van der Waals surface area contributed by atoms with Gasteiger partial charge in [-0.1, -0.05) is 29.3 Å². The third-order valence-corrected chi connectivity index (χ3v) is 4.04. The Balaban J connectivity index is 2.01. The second-order valence-corrected chi connectivity index (χ2v) is 6.46. The minimum atomic E-state index is -0.265. The molecule has 0 saturated carbocycles. The Morgan fingerprint density at radius 2 is 1.88 bits per heavy atom. The van der Waals surface area contributed by atoms with E-state index in [1.165, 1.54) is 0 Å². The molecule has 138 valence electrons. The summed E-state index contributed by atoms with van der Waals surface area (Å²) in [5.41, 5.74) is 3.87. The molecule has 0 saturated heterocycles. The maximum Gasteiger partial charge on any atom is 0.271 e. The summed E-state index contributed by atoms with van der Waals surface area (Å²) in [5, 5.41) is 4.01. The van der Waals surface area contributed by atoms with E-state index in [4.69, 9.17) is 9.47 Å². The molecular formula is C20H23BrN2O3. The summed E-state index contributed by atoms with van der Waals surface area (Å²) in [6, 6.07) is 12.7. The number of nitrogens with zero attached hydrogens (tertiary/aromatic N) is 1. The summed E-state index contributed by atoms with van der Waals surface area (Å²) in [5.74, 6) is 1.13. The van der Waals surface area contributed by atoms with E-state index in [1.807, 2.05) is 37.3 Å². The highest BCUT2D eigenvalue weighted by molar-refractivity contribution is 9.10. The van der Waals surface area contributed by atoms with Gasteiger partial charge < -0.3 is 9.47 Å². The molecule has 6 heteroatoms. The van der Waals surface area contributed by atoms with E-state index in [0.717, 1.165) is 28.6 Å². The molecule has 0 aliphatic heterocycles. The van der Waals surface area contributed by atoms with Crippen molar-refractivity contribution in [2.45, 2.75) is 26.7 Å². The van der Waals surface area contributed by atoms with Gasteiger partial charge in [0.05, 0.1) is 19.4 Å². The number of carbonyl (C=O) groups is 1. The summed E-state index contributed by atoms with van der Waals surface area (Å²) in [7, 11) is 0. The molecule has 0 aliphatic rings. The third kappa shape index (κ3) is 6.19. The largest absolute Gasteiger partial charge is 0.490 e. The molecular weight excluding hydrogens is 396 g/mol. The number of ether oxygens (including phenoxy) is 2. The molecule has 0 fully saturated rings. The zero-order chi connectivity index (χ0) is 18.8. The van der Waals surface area contributed by atoms with Gasteiger partial charge in [0, 0.05) is 10.0 Å². The maximum atomic E-state index is 12.0. The number of hydrazone groups is 1. The van der Waals surface area contributed by atoms with E-state index in [0.29, 0.717) is 24.5 Å². The van der Waals surface area contributed by atoms with Crippen molar-refractivity contribution in [3.05, 3.63) is 58.1 Å². The van der Waals surface area contributed by atoms with Crippen LogP contribution in [-0.4, -0.2) is 25.3 Å². The van der Waals surface area contributed by atoms with Gasteiger partial charge >= 0.3 is 0 Å². The Labute approximate surface area is 162 Å². The number of rotatable bonds is 9. The predicted octanol–water partition coefficient (Wildman–Crippen LogP) is 4.79. The van der Waals surface area contributed by atoms with E-state index in [1.54, 1.807) is 18.3 Å². The van der Waals surface area contributed by atoms with Gasteiger partial charge in [-0.25, -0.2) is 5.43 Å². The lowest BCUT2D eigenvalue weighted by atomic mass is 10.2. The Morgan fingerprint density at radius 1 is 1.12 bits per heavy atom. The van der Waals surface area contributed by atoms with E-state index >= 15 is 0 Å². The predicted molar refractivity (Wildman–Crippen MR) is 107 cm³/mol. The molecule has 5 nitrogen and oxygen atoms in total. The van der Waals surface area contributed by atoms with E-state index < -0.39 is 0 Å². The smallest absolute Gasteiger partial charge is 0.271 e. The van der Waals surface area contributed by atoms with E-state index in [2.05, 4.69) is 33.4 Å². The lowest BCUT2D eigenvalue weighted by molar-refractivity contribution is 0.0955. The van der Waals surface area contributed by atoms with Gasteiger partial charge in [0.15, 0.2) is 11.5 Å². The first-order valence-corrected chi connectivity index (χ1v) is 9.42. The van der Waals surface area contributed by atoms with Crippen LogP contribution in [0.1, 0.15) is 42.6 Å². The van der Waals surface area contributed by atoms with Crippen molar-refractivity contribution < 1.29 is 14.3 Å². The minimum absolute atomic E-state index is 0.265. The molecule has 1 amide bonds. The fraction of sp³-hybridized carbons (Fsp3) is 0.300. The molecule has 0 aliphatic carbocycles. The Morgan fingerprint density at radius 3 is 2.58 bits per heavy atom. The van der Waals surface area contributed by atoms with Crippen molar-refractivity contribution >= 4 is 28.1 Å². The highest BCUT2D eigenvalue weighted by Crippen LogP contribution is 2.28. The minimum Gasteiger partial charge on any atom is -0.490 e. The topological polar surface area (TPSA) is 59.9 Å². The lowest BCUT2D eigenvalue weighted by Gasteiger charge is -2.12. The number of carbonyl (C=O) groups excluding carboxylic acids is 1. The first-order chi connectivity index (χ1) is 12.6. The SMILES string of the molecule is CCCCOc1ccc(/C=N/NC(=O)c2ccc(Br)cc2)cc1OCC. The summed E-state index contributed by atoms with van der Waals surface area (Å²) in [6.07, 6.45) is 3.65. The monoisotopic (exact) mass is 418 g/mol. The first kappa shape index (κ1) is 20.0. The number of unbranched alkanes of at least 4 members (excludes halogenated alkanes) is 1. The zero-order valence-electron chi connectivity index (χ0n) is 15.0. The highest BCUT2D eigenvalue weighted by Gasteiger charge is 2.06. The quantitative estimate of drug-likeness (QED) is 0.361. The van der Waals surface area contributed by atoms with Crippen LogP contribution in [0.4, 0.5) is 0 Å². The molecule has 0 aromatic heterocycles. The fourth-order valence-electron chi connectivity index (χ4n) is 2.15. The Bertz CT molecular complexity index is 745. The number of hydrogen-bond acceptors (Lipinski definition) is 4. The van der Waals surface area contributed by atoms with Gasteiger partial charge in [0.1, 0.15) is 0 Å². The van der Waals surface area contributed by atoms with Crippen molar-refractivity contribution in [2.24, 2.45) is 5.10 Å². The number of benzene rings is 2. The van der Waals surface area contributed by atoms with Crippen LogP contribution in [-0.2, 0) is 0 Å². The van der Waals surface area contributed by atoms with Crippen molar-refractivity contribution in [1.82, 2.24) is 5.43 Å². The summed E-state index contributed by atoms with van der Waals surface area (Å²) >= 11 is 3.34. The van der Waals surface area contributed by atoms with Gasteiger partial charge in [-0.2, -0.15) is 5.10 Å². The molecule has 0 bridgehead atoms. The fourth-order valence-corrected chi connectivity index (χ4v) is 2.41. The van der Waals surface area contributed by atoms with Crippen LogP contribution in [0.2, 0.25) is 0 Å². The molecule has 0 radical (unpaired) electrons. The number of hydrogen-bond donors (Lipinski definition) is 1. The molecule has 0 unspecified atom stereocenters. The van der Waals surface area contributed by atoms with Crippen LogP contribution in [0.5, 0.6) is 11.5 Å². The van der Waals surface area contributed by atoms with Crippen molar-refractivity contribution in [3.63, 3.8) is 0 Å². The standard InChI is InChI=1S/C20H23BrN2O3/c1-3-5-12-26-18-11-6-15(13-19(18)25-4-2)14-22-23-20(24)16-7-9-17(21)10-8-16/h6-11,13-14H,3-5,12H2,1-2H3,(H,23,24)/b22-14+. The van der Waals surface area contributed by atoms with Crippen LogP contribution < -0.4 is 14.9 Å². The third-order valence-electron chi connectivity index (χ3n) is 3.51. The second kappa shape index (κ2) is 10.6. The normalized spacial score (nSPS) is 10.7. The molecule has 0 spiro atoms. The van der Waals surface area contributed by atoms with Gasteiger partial charge in [-0.15, -0.1) is 0 Å². The Hall–Kier alpha value is -2.34. The molecule has 2 aromatic carbocycles. The summed E-state index contributed by atoms with van der Waals surface area (Å²) in [4.78, 5) is 12.0. The summed E-state index contributed by atoms with van der Waals surface area (Å²) < 4.78 is 12.3. The van der Waals surface area contributed by atoms with Gasteiger partial charge in [0.25, 0.3) is 5.91 Å². The second-order valence-electron chi connectivity index (χ2n) is 5.55. The molecule has 1 N–H and O–H groups in total. The number of nitrogens with one attached hydrogen (secondary N) is 1. The summed E-state index contributed by atoms with van der Waals surface area (Å²) in [6.45, 7) is 5.25. The van der Waals surface area contributed by atoms with E-state index in [-0.39, 0.29) is 5.91 Å². The van der Waals surface area contributed by atoms with Crippen LogP contribution in [0.15, 0.2) is 52.0 Å². The van der Waals surface area contributed by atoms with Crippen molar-refractivity contribution in [3.8, 4) is 11.5 Å². The van der Waals surface area contributed by atoms with E-state index in [9.17, 15) is 4.79 Å². The van der Waals surface area contributed by atoms with Crippen LogP contribution in [0, 0.1) is 0 Å².